The number of hydrogen-bond donors (Lipinski definition) is 2. The third-order valence-corrected chi connectivity index (χ3v) is 3.39. The number of carbonyl (C=O) groups is 1. The Labute approximate surface area is 136 Å². The highest BCUT2D eigenvalue weighted by atomic mass is 19.4. The molecule has 0 saturated carbocycles. The highest BCUT2D eigenvalue weighted by Crippen LogP contribution is 2.30. The van der Waals surface area contributed by atoms with Crippen molar-refractivity contribution >= 4 is 5.91 Å². The predicted octanol–water partition coefficient (Wildman–Crippen LogP) is 3.18. The summed E-state index contributed by atoms with van der Waals surface area (Å²) < 4.78 is 43.0. The largest absolute Gasteiger partial charge is 0.497 e. The zero-order valence-electron chi connectivity index (χ0n) is 12.8. The van der Waals surface area contributed by atoms with Gasteiger partial charge in [0.25, 0.3) is 5.91 Å². The van der Waals surface area contributed by atoms with Gasteiger partial charge in [-0.25, -0.2) is 0 Å². The molecule has 2 aromatic carbocycles. The third-order valence-electron chi connectivity index (χ3n) is 3.39. The van der Waals surface area contributed by atoms with E-state index >= 15 is 0 Å². The Bertz CT molecular complexity index is 716. The van der Waals surface area contributed by atoms with Crippen LogP contribution >= 0.6 is 0 Å². The van der Waals surface area contributed by atoms with Gasteiger partial charge in [-0.1, -0.05) is 18.2 Å². The molecule has 24 heavy (non-hydrogen) atoms. The molecule has 1 amide bonds. The van der Waals surface area contributed by atoms with Crippen molar-refractivity contribution in [2.75, 3.05) is 13.7 Å². The van der Waals surface area contributed by atoms with E-state index in [0.29, 0.717) is 11.3 Å². The summed E-state index contributed by atoms with van der Waals surface area (Å²) in [4.78, 5) is 12.0. The monoisotopic (exact) mass is 339 g/mol. The van der Waals surface area contributed by atoms with Gasteiger partial charge >= 0.3 is 6.18 Å². The maximum Gasteiger partial charge on any atom is 0.416 e. The van der Waals surface area contributed by atoms with Crippen molar-refractivity contribution in [1.29, 1.82) is 0 Å². The summed E-state index contributed by atoms with van der Waals surface area (Å²) in [7, 11) is 1.47. The lowest BCUT2D eigenvalue weighted by Crippen LogP contribution is -2.28. The van der Waals surface area contributed by atoms with E-state index in [1.807, 2.05) is 0 Å². The van der Waals surface area contributed by atoms with Crippen LogP contribution in [0.25, 0.3) is 0 Å². The Morgan fingerprint density at radius 2 is 1.92 bits per heavy atom. The summed E-state index contributed by atoms with van der Waals surface area (Å²) in [6.07, 6.45) is -5.73. The molecular formula is C17H16F3NO3. The highest BCUT2D eigenvalue weighted by molar-refractivity contribution is 5.94. The fourth-order valence-electron chi connectivity index (χ4n) is 2.10. The van der Waals surface area contributed by atoms with Crippen molar-refractivity contribution in [2.24, 2.45) is 0 Å². The zero-order valence-corrected chi connectivity index (χ0v) is 12.8. The topological polar surface area (TPSA) is 58.6 Å². The number of halogens is 3. The van der Waals surface area contributed by atoms with E-state index in [1.54, 1.807) is 18.2 Å². The van der Waals surface area contributed by atoms with Crippen molar-refractivity contribution < 1.29 is 27.8 Å². The quantitative estimate of drug-likeness (QED) is 0.880. The van der Waals surface area contributed by atoms with E-state index in [-0.39, 0.29) is 12.1 Å². The van der Waals surface area contributed by atoms with E-state index in [0.717, 1.165) is 12.1 Å². The second kappa shape index (κ2) is 7.35. The Morgan fingerprint density at radius 3 is 2.58 bits per heavy atom. The maximum absolute atomic E-state index is 12.7. The summed E-state index contributed by atoms with van der Waals surface area (Å²) in [5.41, 5.74) is -0.445. The molecule has 2 rings (SSSR count). The molecule has 0 unspecified atom stereocenters. The number of nitrogens with one attached hydrogen (secondary N) is 1. The molecule has 2 aromatic rings. The number of alkyl halides is 3. The number of carbonyl (C=O) groups excluding carboxylic acids is 1. The molecule has 0 spiro atoms. The number of amides is 1. The molecule has 7 heteroatoms. The van der Waals surface area contributed by atoms with Crippen LogP contribution in [0.15, 0.2) is 48.5 Å². The normalized spacial score (nSPS) is 12.5. The van der Waals surface area contributed by atoms with Crippen molar-refractivity contribution in [3.63, 3.8) is 0 Å². The van der Waals surface area contributed by atoms with Crippen LogP contribution in [0.1, 0.15) is 27.6 Å². The molecule has 0 aromatic heterocycles. The van der Waals surface area contributed by atoms with Gasteiger partial charge in [0.1, 0.15) is 5.75 Å². The van der Waals surface area contributed by atoms with E-state index in [2.05, 4.69) is 5.32 Å². The molecular weight excluding hydrogens is 323 g/mol. The average molecular weight is 339 g/mol. The minimum atomic E-state index is -4.49. The molecule has 4 nitrogen and oxygen atoms in total. The van der Waals surface area contributed by atoms with Crippen LogP contribution in [-0.4, -0.2) is 24.7 Å². The Balaban J connectivity index is 2.02. The predicted molar refractivity (Wildman–Crippen MR) is 81.7 cm³/mol. The molecule has 0 heterocycles. The van der Waals surface area contributed by atoms with Crippen LogP contribution in [0.3, 0.4) is 0 Å². The first-order valence-electron chi connectivity index (χ1n) is 7.08. The standard InChI is InChI=1S/C17H16F3NO3/c1-24-14-7-3-5-12(9-14)16(23)21-10-15(22)11-4-2-6-13(8-11)17(18,19)20/h2-9,15,22H,10H2,1H3,(H,21,23)/t15-/m1/s1. The van der Waals surface area contributed by atoms with Gasteiger partial charge in [0.15, 0.2) is 0 Å². The van der Waals surface area contributed by atoms with Gasteiger partial charge < -0.3 is 15.2 Å². The lowest BCUT2D eigenvalue weighted by molar-refractivity contribution is -0.137. The highest BCUT2D eigenvalue weighted by Gasteiger charge is 2.30. The third kappa shape index (κ3) is 4.48. The molecule has 0 aliphatic heterocycles. The summed E-state index contributed by atoms with van der Waals surface area (Å²) >= 11 is 0. The van der Waals surface area contributed by atoms with Crippen LogP contribution in [0, 0.1) is 0 Å². The van der Waals surface area contributed by atoms with Gasteiger partial charge in [0, 0.05) is 12.1 Å². The minimum Gasteiger partial charge on any atom is -0.497 e. The van der Waals surface area contributed by atoms with Gasteiger partial charge in [-0.2, -0.15) is 13.2 Å². The van der Waals surface area contributed by atoms with Gasteiger partial charge in [-0.3, -0.25) is 4.79 Å². The van der Waals surface area contributed by atoms with E-state index in [1.165, 1.54) is 25.3 Å². The fraction of sp³-hybridized carbons (Fsp3) is 0.235. The fourth-order valence-corrected chi connectivity index (χ4v) is 2.10. The SMILES string of the molecule is COc1cccc(C(=O)NC[C@@H](O)c2cccc(C(F)(F)F)c2)c1. The first-order valence-corrected chi connectivity index (χ1v) is 7.08. The first kappa shape index (κ1) is 17.8. The molecule has 2 N–H and O–H groups in total. The number of rotatable bonds is 5. The zero-order chi connectivity index (χ0) is 17.7. The molecule has 1 atom stereocenters. The minimum absolute atomic E-state index is 0.0794. The molecule has 0 bridgehead atoms. The molecule has 0 radical (unpaired) electrons. The molecule has 0 aliphatic carbocycles. The first-order chi connectivity index (χ1) is 11.3. The smallest absolute Gasteiger partial charge is 0.416 e. The lowest BCUT2D eigenvalue weighted by atomic mass is 10.1. The number of aliphatic hydroxyl groups excluding tert-OH is 1. The van der Waals surface area contributed by atoms with Gasteiger partial charge in [-0.15, -0.1) is 0 Å². The summed E-state index contributed by atoms with van der Waals surface area (Å²) in [5.74, 6) is 0.0426. The van der Waals surface area contributed by atoms with Crippen LogP contribution < -0.4 is 10.1 Å². The number of methoxy groups -OCH3 is 1. The molecule has 128 valence electrons. The van der Waals surface area contributed by atoms with Crippen molar-refractivity contribution in [2.45, 2.75) is 12.3 Å². The number of hydrogen-bond acceptors (Lipinski definition) is 3. The molecule has 0 saturated heterocycles. The number of benzene rings is 2. The van der Waals surface area contributed by atoms with Crippen LogP contribution in [0.2, 0.25) is 0 Å². The summed E-state index contributed by atoms with van der Waals surface area (Å²) in [5, 5.41) is 12.5. The summed E-state index contributed by atoms with van der Waals surface area (Å²) in [6.45, 7) is -0.211. The van der Waals surface area contributed by atoms with Gasteiger partial charge in [-0.05, 0) is 35.9 Å². The molecule has 0 aliphatic rings. The van der Waals surface area contributed by atoms with Crippen molar-refractivity contribution in [3.8, 4) is 5.75 Å². The van der Waals surface area contributed by atoms with E-state index in [9.17, 15) is 23.1 Å². The molecule has 0 fully saturated rings. The van der Waals surface area contributed by atoms with Gasteiger partial charge in [0.05, 0.1) is 18.8 Å². The van der Waals surface area contributed by atoms with Crippen LogP contribution in [-0.2, 0) is 6.18 Å². The average Bonchev–Trinajstić information content (AvgIpc) is 2.58. The van der Waals surface area contributed by atoms with Crippen LogP contribution in [0.4, 0.5) is 13.2 Å². The Hall–Kier alpha value is -2.54. The van der Waals surface area contributed by atoms with E-state index in [4.69, 9.17) is 4.74 Å². The van der Waals surface area contributed by atoms with Crippen LogP contribution in [0.5, 0.6) is 5.75 Å². The van der Waals surface area contributed by atoms with Crippen molar-refractivity contribution in [1.82, 2.24) is 5.32 Å². The second-order valence-electron chi connectivity index (χ2n) is 5.08. The number of aliphatic hydroxyl groups is 1. The Kier molecular flexibility index (Phi) is 5.46. The van der Waals surface area contributed by atoms with E-state index < -0.39 is 23.8 Å². The second-order valence-corrected chi connectivity index (χ2v) is 5.08. The number of ether oxygens (including phenoxy) is 1. The lowest BCUT2D eigenvalue weighted by Gasteiger charge is -2.14. The van der Waals surface area contributed by atoms with Gasteiger partial charge in [0.2, 0.25) is 0 Å². The Morgan fingerprint density at radius 1 is 1.21 bits per heavy atom. The van der Waals surface area contributed by atoms with Crippen molar-refractivity contribution in [3.05, 3.63) is 65.2 Å². The maximum atomic E-state index is 12.7. The summed E-state index contributed by atoms with van der Waals surface area (Å²) in [6, 6.07) is 10.8.